The number of rotatable bonds is 6. The average molecular weight is 591 g/mol. The van der Waals surface area contributed by atoms with Gasteiger partial charge < -0.3 is 20.4 Å². The Morgan fingerprint density at radius 3 is 2.64 bits per heavy atom. The Morgan fingerprint density at radius 1 is 1.02 bits per heavy atom. The zero-order chi connectivity index (χ0) is 29.4. The normalized spacial score (nSPS) is 21.3. The van der Waals surface area contributed by atoms with E-state index in [0.29, 0.717) is 30.4 Å². The van der Waals surface area contributed by atoms with Gasteiger partial charge in [0.05, 0.1) is 4.88 Å². The Bertz CT molecular complexity index is 1510. The van der Waals surface area contributed by atoms with Crippen molar-refractivity contribution in [3.63, 3.8) is 0 Å². The van der Waals surface area contributed by atoms with Crippen LogP contribution in [0.3, 0.4) is 0 Å². The van der Waals surface area contributed by atoms with Crippen LogP contribution in [-0.2, 0) is 24.7 Å². The molecule has 0 saturated carbocycles. The fraction of sp³-hybridized carbons (Fsp3) is 0.500. The van der Waals surface area contributed by atoms with E-state index in [9.17, 15) is 14.4 Å². The number of nitrogens with one attached hydrogen (secondary N) is 2. The van der Waals surface area contributed by atoms with Crippen molar-refractivity contribution < 1.29 is 9.59 Å². The summed E-state index contributed by atoms with van der Waals surface area (Å²) in [6, 6.07) is 7.12. The Morgan fingerprint density at radius 2 is 1.86 bits per heavy atom. The maximum atomic E-state index is 13.1. The Labute approximate surface area is 249 Å². The molecule has 3 aromatic rings. The molecule has 11 nitrogen and oxygen atoms in total. The maximum Gasteiger partial charge on any atom is 0.290 e. The van der Waals surface area contributed by atoms with Crippen molar-refractivity contribution >= 4 is 40.5 Å². The van der Waals surface area contributed by atoms with Gasteiger partial charge in [-0.15, -0.1) is 11.3 Å². The van der Waals surface area contributed by atoms with Gasteiger partial charge in [0.25, 0.3) is 11.5 Å². The Kier molecular flexibility index (Phi) is 8.00. The van der Waals surface area contributed by atoms with Crippen LogP contribution >= 0.6 is 11.3 Å². The van der Waals surface area contributed by atoms with Crippen molar-refractivity contribution in [2.45, 2.75) is 50.6 Å². The second-order valence-electron chi connectivity index (χ2n) is 11.6. The van der Waals surface area contributed by atoms with Crippen molar-refractivity contribution in [2.24, 2.45) is 7.05 Å². The van der Waals surface area contributed by atoms with E-state index in [4.69, 9.17) is 0 Å². The van der Waals surface area contributed by atoms with E-state index in [1.165, 1.54) is 28.0 Å². The predicted molar refractivity (Wildman–Crippen MR) is 164 cm³/mol. The molecule has 0 bridgehead atoms. The topological polar surface area (TPSA) is 116 Å². The third kappa shape index (κ3) is 5.78. The summed E-state index contributed by atoms with van der Waals surface area (Å²) < 4.78 is 1.33. The molecular formula is C30H38N8O3S. The van der Waals surface area contributed by atoms with Gasteiger partial charge in [-0.3, -0.25) is 19.3 Å². The van der Waals surface area contributed by atoms with Gasteiger partial charge in [0, 0.05) is 63.5 Å². The van der Waals surface area contributed by atoms with E-state index in [0.717, 1.165) is 49.2 Å². The summed E-state index contributed by atoms with van der Waals surface area (Å²) >= 11 is 1.63. The van der Waals surface area contributed by atoms with Gasteiger partial charge >= 0.3 is 0 Å². The largest absolute Gasteiger partial charge is 0.353 e. The Balaban J connectivity index is 1.14. The first-order chi connectivity index (χ1) is 20.3. The lowest BCUT2D eigenvalue weighted by Gasteiger charge is -2.36. The summed E-state index contributed by atoms with van der Waals surface area (Å²) in [7, 11) is 5.39. The third-order valence-electron chi connectivity index (χ3n) is 8.56. The number of anilines is 3. The highest BCUT2D eigenvalue weighted by molar-refractivity contribution is 7.14. The molecule has 3 aromatic heterocycles. The van der Waals surface area contributed by atoms with Crippen molar-refractivity contribution in [2.75, 3.05) is 50.5 Å². The smallest absolute Gasteiger partial charge is 0.290 e. The number of thiophene rings is 1. The standard InChI is InChI=1S/C30H38N8O3S/c1-35-13-14-36(2)30(41)27(35)20-10-11-25(31-17-20)33-22-16-26(34-37(3)29(22)40)38-12-6-8-21(18-38)32-28(39)24-15-19-7-4-5-9-23(19)42-24/h10-11,15-17,21,27H,4-9,12-14,18H2,1-3H3,(H,31,33)(H,32,39). The number of carbonyl (C=O) groups excluding carboxylic acids is 2. The fourth-order valence-electron chi connectivity index (χ4n) is 6.12. The van der Waals surface area contributed by atoms with E-state index in [1.807, 2.05) is 25.1 Å². The molecule has 2 saturated heterocycles. The summed E-state index contributed by atoms with van der Waals surface area (Å²) in [5, 5.41) is 10.9. The molecule has 222 valence electrons. The quantitative estimate of drug-likeness (QED) is 0.451. The highest BCUT2D eigenvalue weighted by Crippen LogP contribution is 2.30. The molecule has 6 rings (SSSR count). The molecule has 12 heteroatoms. The number of aryl methyl sites for hydroxylation is 3. The van der Waals surface area contributed by atoms with E-state index in [2.05, 4.69) is 31.7 Å². The fourth-order valence-corrected chi connectivity index (χ4v) is 7.28. The molecule has 2 fully saturated rings. The van der Waals surface area contributed by atoms with Crippen molar-refractivity contribution in [3.05, 3.63) is 61.7 Å². The van der Waals surface area contributed by atoms with Gasteiger partial charge in [-0.1, -0.05) is 6.07 Å². The lowest BCUT2D eigenvalue weighted by molar-refractivity contribution is -0.139. The number of nitrogens with zero attached hydrogens (tertiary/aromatic N) is 6. The Hall–Kier alpha value is -3.77. The maximum absolute atomic E-state index is 13.1. The lowest BCUT2D eigenvalue weighted by Crippen LogP contribution is -2.49. The van der Waals surface area contributed by atoms with Crippen molar-refractivity contribution in [3.8, 4) is 0 Å². The highest BCUT2D eigenvalue weighted by Gasteiger charge is 2.32. The number of carbonyl (C=O) groups is 2. The monoisotopic (exact) mass is 590 g/mol. The zero-order valence-electron chi connectivity index (χ0n) is 24.4. The molecule has 2 N–H and O–H groups in total. The molecule has 42 heavy (non-hydrogen) atoms. The van der Waals surface area contributed by atoms with E-state index in [-0.39, 0.29) is 29.5 Å². The van der Waals surface area contributed by atoms with Gasteiger partial charge in [0.1, 0.15) is 17.5 Å². The van der Waals surface area contributed by atoms with Gasteiger partial charge in [0.2, 0.25) is 5.91 Å². The minimum absolute atomic E-state index is 0.000636. The first-order valence-electron chi connectivity index (χ1n) is 14.7. The summed E-state index contributed by atoms with van der Waals surface area (Å²) in [4.78, 5) is 51.4. The number of hydrogen-bond donors (Lipinski definition) is 2. The van der Waals surface area contributed by atoms with Crippen LogP contribution in [0.25, 0.3) is 0 Å². The zero-order valence-corrected chi connectivity index (χ0v) is 25.2. The molecular weight excluding hydrogens is 552 g/mol. The SMILES string of the molecule is CN1CCN(C)C(c2ccc(Nc3cc(N4CCCC(NC(=O)c5cc6c(s5)CCCC6)C4)nn(C)c3=O)nc2)C1=O. The van der Waals surface area contributed by atoms with Crippen LogP contribution in [0.5, 0.6) is 0 Å². The number of likely N-dealkylation sites (N-methyl/N-ethyl adjacent to an activating group) is 2. The van der Waals surface area contributed by atoms with Crippen LogP contribution in [0.2, 0.25) is 0 Å². The van der Waals surface area contributed by atoms with Crippen molar-refractivity contribution in [1.29, 1.82) is 0 Å². The molecule has 0 radical (unpaired) electrons. The number of piperazine rings is 1. The third-order valence-corrected chi connectivity index (χ3v) is 9.79. The van der Waals surface area contributed by atoms with E-state index >= 15 is 0 Å². The van der Waals surface area contributed by atoms with Gasteiger partial charge in [0.15, 0.2) is 5.82 Å². The van der Waals surface area contributed by atoms with Crippen LogP contribution in [0, 0.1) is 0 Å². The first-order valence-corrected chi connectivity index (χ1v) is 15.5. The minimum Gasteiger partial charge on any atom is -0.353 e. The first kappa shape index (κ1) is 28.4. The number of fused-ring (bicyclic) bond motifs is 1. The average Bonchev–Trinajstić information content (AvgIpc) is 3.43. The lowest BCUT2D eigenvalue weighted by atomic mass is 9.99. The summed E-state index contributed by atoms with van der Waals surface area (Å²) in [5.41, 5.74) is 2.25. The minimum atomic E-state index is -0.372. The van der Waals surface area contributed by atoms with Crippen LogP contribution in [0.4, 0.5) is 17.3 Å². The predicted octanol–water partition coefficient (Wildman–Crippen LogP) is 2.70. The number of pyridine rings is 1. The molecule has 2 unspecified atom stereocenters. The molecule has 0 aromatic carbocycles. The van der Waals surface area contributed by atoms with Gasteiger partial charge in [-0.25, -0.2) is 9.67 Å². The van der Waals surface area contributed by atoms with Crippen molar-refractivity contribution in [1.82, 2.24) is 29.9 Å². The number of aromatic nitrogens is 3. The van der Waals surface area contributed by atoms with Crippen LogP contribution in [0.15, 0.2) is 35.3 Å². The number of piperidine rings is 1. The summed E-state index contributed by atoms with van der Waals surface area (Å²) in [6.45, 7) is 2.90. The molecule has 1 aliphatic carbocycles. The van der Waals surface area contributed by atoms with Gasteiger partial charge in [-0.05, 0) is 68.8 Å². The summed E-state index contributed by atoms with van der Waals surface area (Å²) in [6.07, 6.45) is 8.04. The second-order valence-corrected chi connectivity index (χ2v) is 12.8. The number of hydrogen-bond acceptors (Lipinski definition) is 9. The molecule has 2 aliphatic heterocycles. The van der Waals surface area contributed by atoms with Gasteiger partial charge in [-0.2, -0.15) is 5.10 Å². The molecule has 3 aliphatic rings. The van der Waals surface area contributed by atoms with E-state index in [1.54, 1.807) is 41.6 Å². The highest BCUT2D eigenvalue weighted by atomic mass is 32.1. The van der Waals surface area contributed by atoms with Crippen LogP contribution in [0.1, 0.15) is 57.4 Å². The van der Waals surface area contributed by atoms with Crippen LogP contribution in [-0.4, -0.2) is 82.7 Å². The van der Waals surface area contributed by atoms with E-state index < -0.39 is 0 Å². The van der Waals surface area contributed by atoms with Crippen LogP contribution < -0.4 is 21.1 Å². The molecule has 0 spiro atoms. The molecule has 2 atom stereocenters. The molecule has 5 heterocycles. The molecule has 2 amide bonds. The summed E-state index contributed by atoms with van der Waals surface area (Å²) in [5.74, 6) is 1.22. The number of amides is 2. The second kappa shape index (κ2) is 11.8.